The van der Waals surface area contributed by atoms with Gasteiger partial charge in [0.1, 0.15) is 6.54 Å². The summed E-state index contributed by atoms with van der Waals surface area (Å²) < 4.78 is 0. The lowest BCUT2D eigenvalue weighted by molar-refractivity contribution is -0.133. The van der Waals surface area contributed by atoms with Gasteiger partial charge in [0.25, 0.3) is 0 Å². The molecule has 2 heterocycles. The van der Waals surface area contributed by atoms with Crippen molar-refractivity contribution in [1.82, 2.24) is 20.5 Å². The van der Waals surface area contributed by atoms with E-state index in [-0.39, 0.29) is 54.3 Å². The van der Waals surface area contributed by atoms with Crippen LogP contribution >= 0.6 is 24.0 Å². The number of amides is 2. The molecule has 0 bridgehead atoms. The Hall–Kier alpha value is -1.91. The molecule has 1 fully saturated rings. The predicted molar refractivity (Wildman–Crippen MR) is 117 cm³/mol. The van der Waals surface area contributed by atoms with E-state index in [0.29, 0.717) is 24.7 Å². The molecule has 1 unspecified atom stereocenters. The Morgan fingerprint density at radius 2 is 2.19 bits per heavy atom. The van der Waals surface area contributed by atoms with Crippen LogP contribution in [0.2, 0.25) is 0 Å². The highest BCUT2D eigenvalue weighted by Crippen LogP contribution is 2.12. The molecule has 1 aliphatic rings. The Morgan fingerprint density at radius 1 is 1.41 bits per heavy atom. The second-order valence-corrected chi connectivity index (χ2v) is 6.55. The number of aromatic nitrogens is 1. The fraction of sp³-hybridized carbons (Fsp3) is 0.556. The molecule has 1 aliphatic heterocycles. The van der Waals surface area contributed by atoms with Crippen LogP contribution in [-0.2, 0) is 9.59 Å². The average molecular weight is 488 g/mol. The van der Waals surface area contributed by atoms with Crippen LogP contribution in [0.5, 0.6) is 0 Å². The maximum Gasteiger partial charge on any atom is 0.246 e. The normalized spacial score (nSPS) is 16.7. The first-order valence-electron chi connectivity index (χ1n) is 9.03. The zero-order valence-corrected chi connectivity index (χ0v) is 18.4. The van der Waals surface area contributed by atoms with E-state index in [0.717, 1.165) is 13.0 Å². The van der Waals surface area contributed by atoms with Gasteiger partial charge >= 0.3 is 0 Å². The Balaban J connectivity index is 0.00000364. The van der Waals surface area contributed by atoms with Gasteiger partial charge in [-0.25, -0.2) is 4.99 Å². The Kier molecular flexibility index (Phi) is 10.0. The van der Waals surface area contributed by atoms with Crippen molar-refractivity contribution in [2.45, 2.75) is 33.2 Å². The average Bonchev–Trinajstić information content (AvgIpc) is 3.08. The van der Waals surface area contributed by atoms with Crippen molar-refractivity contribution in [2.75, 3.05) is 31.5 Å². The van der Waals surface area contributed by atoms with Gasteiger partial charge in [-0.3, -0.25) is 14.6 Å². The molecule has 150 valence electrons. The lowest BCUT2D eigenvalue weighted by atomic mass is 10.2. The highest BCUT2D eigenvalue weighted by atomic mass is 127. The topological polar surface area (TPSA) is 98.7 Å². The van der Waals surface area contributed by atoms with Crippen LogP contribution < -0.4 is 16.0 Å². The molecule has 8 nitrogen and oxygen atoms in total. The number of carbonyl (C=O) groups excluding carboxylic acids is 2. The second kappa shape index (κ2) is 11.7. The summed E-state index contributed by atoms with van der Waals surface area (Å²) in [5.74, 6) is 0.551. The van der Waals surface area contributed by atoms with Crippen molar-refractivity contribution in [1.29, 1.82) is 0 Å². The fourth-order valence-corrected chi connectivity index (χ4v) is 2.74. The largest absolute Gasteiger partial charge is 0.357 e. The maximum absolute atomic E-state index is 12.1. The van der Waals surface area contributed by atoms with Gasteiger partial charge in [0.05, 0.1) is 11.9 Å². The monoisotopic (exact) mass is 488 g/mol. The minimum atomic E-state index is -0.210. The van der Waals surface area contributed by atoms with Crippen LogP contribution in [0.25, 0.3) is 0 Å². The minimum absolute atomic E-state index is 0. The Bertz CT molecular complexity index is 638. The number of carbonyl (C=O) groups is 2. The van der Waals surface area contributed by atoms with Crippen molar-refractivity contribution >= 4 is 47.4 Å². The summed E-state index contributed by atoms with van der Waals surface area (Å²) in [6.07, 6.45) is 4.10. The first-order valence-corrected chi connectivity index (χ1v) is 9.03. The van der Waals surface area contributed by atoms with E-state index in [1.54, 1.807) is 24.5 Å². The lowest BCUT2D eigenvalue weighted by Crippen LogP contribution is -2.45. The van der Waals surface area contributed by atoms with Gasteiger partial charge in [0.2, 0.25) is 11.8 Å². The van der Waals surface area contributed by atoms with Crippen molar-refractivity contribution in [2.24, 2.45) is 10.9 Å². The molecule has 2 rings (SSSR count). The van der Waals surface area contributed by atoms with E-state index in [1.807, 2.05) is 25.7 Å². The first kappa shape index (κ1) is 23.1. The summed E-state index contributed by atoms with van der Waals surface area (Å²) in [5.41, 5.74) is 0.643. The number of nitrogens with zero attached hydrogens (tertiary/aromatic N) is 3. The molecule has 3 N–H and O–H groups in total. The van der Waals surface area contributed by atoms with Crippen molar-refractivity contribution in [3.8, 4) is 0 Å². The quantitative estimate of drug-likeness (QED) is 0.320. The third-order valence-corrected chi connectivity index (χ3v) is 4.00. The molecular weight excluding hydrogens is 459 g/mol. The van der Waals surface area contributed by atoms with Crippen LogP contribution in [0.1, 0.15) is 27.2 Å². The molecule has 1 aromatic rings. The predicted octanol–water partition coefficient (Wildman–Crippen LogP) is 1.45. The molecule has 1 aromatic heterocycles. The van der Waals surface area contributed by atoms with Gasteiger partial charge in [-0.1, -0.05) is 13.8 Å². The first-order chi connectivity index (χ1) is 12.5. The number of hydrogen-bond donors (Lipinski definition) is 3. The highest BCUT2D eigenvalue weighted by Gasteiger charge is 2.27. The summed E-state index contributed by atoms with van der Waals surface area (Å²) in [5, 5.41) is 9.20. The van der Waals surface area contributed by atoms with Crippen LogP contribution in [0.4, 0.5) is 5.69 Å². The number of guanidine groups is 1. The molecule has 1 saturated heterocycles. The van der Waals surface area contributed by atoms with Gasteiger partial charge in [0.15, 0.2) is 5.96 Å². The molecule has 0 saturated carbocycles. The Morgan fingerprint density at radius 3 is 2.81 bits per heavy atom. The van der Waals surface area contributed by atoms with Crippen LogP contribution in [0.15, 0.2) is 29.5 Å². The summed E-state index contributed by atoms with van der Waals surface area (Å²) in [4.78, 5) is 34.3. The summed E-state index contributed by atoms with van der Waals surface area (Å²) in [7, 11) is 0. The van der Waals surface area contributed by atoms with Gasteiger partial charge < -0.3 is 20.9 Å². The highest BCUT2D eigenvalue weighted by molar-refractivity contribution is 14.0. The maximum atomic E-state index is 12.1. The number of halogens is 1. The zero-order chi connectivity index (χ0) is 18.9. The van der Waals surface area contributed by atoms with E-state index >= 15 is 0 Å². The summed E-state index contributed by atoms with van der Waals surface area (Å²) >= 11 is 0. The van der Waals surface area contributed by atoms with Gasteiger partial charge in [-0.15, -0.1) is 24.0 Å². The molecular formula is C18H29IN6O2. The molecule has 9 heteroatoms. The van der Waals surface area contributed by atoms with Gasteiger partial charge in [-0.2, -0.15) is 0 Å². The summed E-state index contributed by atoms with van der Waals surface area (Å²) in [6.45, 7) is 7.89. The number of rotatable bonds is 6. The van der Waals surface area contributed by atoms with Gasteiger partial charge in [-0.05, 0) is 25.5 Å². The van der Waals surface area contributed by atoms with E-state index < -0.39 is 0 Å². The van der Waals surface area contributed by atoms with E-state index in [1.165, 1.54) is 0 Å². The van der Waals surface area contributed by atoms with Crippen LogP contribution in [-0.4, -0.2) is 59.9 Å². The molecule has 0 radical (unpaired) electrons. The summed E-state index contributed by atoms with van der Waals surface area (Å²) in [6, 6.07) is 3.67. The Labute approximate surface area is 177 Å². The number of likely N-dealkylation sites (tertiary alicyclic amines) is 1. The smallest absolute Gasteiger partial charge is 0.246 e. The van der Waals surface area contributed by atoms with E-state index in [4.69, 9.17) is 0 Å². The van der Waals surface area contributed by atoms with Gasteiger partial charge in [0, 0.05) is 37.8 Å². The standard InChI is InChI=1S/C18H28N6O2.HI/c1-4-20-18(21-11-16(25)22-14-6-5-8-19-10-14)23-15-7-9-24(12-15)17(26)13(2)3;/h5-6,8,10,13,15H,4,7,9,11-12H2,1-3H3,(H,22,25)(H2,20,21,23);1H. The number of hydrogen-bond acceptors (Lipinski definition) is 4. The second-order valence-electron chi connectivity index (χ2n) is 6.55. The SMILES string of the molecule is CCNC(=NCC(=O)Nc1cccnc1)NC1CCN(C(=O)C(C)C)C1.I. The number of anilines is 1. The van der Waals surface area contributed by atoms with E-state index in [2.05, 4.69) is 25.9 Å². The van der Waals surface area contributed by atoms with Crippen LogP contribution in [0.3, 0.4) is 0 Å². The zero-order valence-electron chi connectivity index (χ0n) is 16.1. The van der Waals surface area contributed by atoms with Crippen molar-refractivity contribution in [3.05, 3.63) is 24.5 Å². The molecule has 1 atom stereocenters. The number of aliphatic imine (C=N–C) groups is 1. The minimum Gasteiger partial charge on any atom is -0.357 e. The molecule has 0 aliphatic carbocycles. The van der Waals surface area contributed by atoms with Crippen molar-refractivity contribution in [3.63, 3.8) is 0 Å². The molecule has 0 aromatic carbocycles. The lowest BCUT2D eigenvalue weighted by Gasteiger charge is -2.20. The van der Waals surface area contributed by atoms with E-state index in [9.17, 15) is 9.59 Å². The fourth-order valence-electron chi connectivity index (χ4n) is 2.74. The number of nitrogens with one attached hydrogen (secondary N) is 3. The van der Waals surface area contributed by atoms with Crippen LogP contribution in [0, 0.1) is 5.92 Å². The third kappa shape index (κ3) is 7.69. The molecule has 2 amide bonds. The molecule has 27 heavy (non-hydrogen) atoms. The van der Waals surface area contributed by atoms with Crippen molar-refractivity contribution < 1.29 is 9.59 Å². The third-order valence-electron chi connectivity index (χ3n) is 4.00. The number of pyridine rings is 1. The molecule has 0 spiro atoms.